The zero-order chi connectivity index (χ0) is 15.6. The lowest BCUT2D eigenvalue weighted by molar-refractivity contribution is 0.401. The Kier molecular flexibility index (Phi) is 6.68. The van der Waals surface area contributed by atoms with Crippen LogP contribution in [0, 0.1) is 0 Å². The first kappa shape index (κ1) is 16.3. The molecule has 0 aliphatic heterocycles. The van der Waals surface area contributed by atoms with Gasteiger partial charge in [-0.1, -0.05) is 45.1 Å². The van der Waals surface area contributed by atoms with E-state index in [0.717, 1.165) is 18.4 Å². The topological polar surface area (TPSA) is 55.2 Å². The molecule has 0 spiro atoms. The minimum Gasteiger partial charge on any atom is -0.504 e. The predicted molar refractivity (Wildman–Crippen MR) is 87.3 cm³/mol. The number of phenols is 1. The lowest BCUT2D eigenvalue weighted by Crippen LogP contribution is -1.91. The van der Waals surface area contributed by atoms with E-state index in [1.54, 1.807) is 24.4 Å². The SMILES string of the molecule is CCCCCCCCc1ccc(Oc2ccncn2)c(O)c1. The van der Waals surface area contributed by atoms with E-state index >= 15 is 0 Å². The Morgan fingerprint density at radius 3 is 2.59 bits per heavy atom. The third-order valence-electron chi connectivity index (χ3n) is 3.61. The van der Waals surface area contributed by atoms with E-state index in [0.29, 0.717) is 11.6 Å². The number of aromatic nitrogens is 2. The van der Waals surface area contributed by atoms with Crippen molar-refractivity contribution in [1.82, 2.24) is 9.97 Å². The largest absolute Gasteiger partial charge is 0.504 e. The number of phenolic OH excluding ortho intramolecular Hbond substituents is 1. The van der Waals surface area contributed by atoms with Crippen molar-refractivity contribution >= 4 is 0 Å². The molecule has 0 saturated carbocycles. The maximum absolute atomic E-state index is 10.1. The molecule has 1 heterocycles. The van der Waals surface area contributed by atoms with Gasteiger partial charge in [-0.25, -0.2) is 9.97 Å². The predicted octanol–water partition coefficient (Wildman–Crippen LogP) is 4.88. The van der Waals surface area contributed by atoms with Gasteiger partial charge in [-0.05, 0) is 30.5 Å². The first-order chi connectivity index (χ1) is 10.8. The Labute approximate surface area is 132 Å². The van der Waals surface area contributed by atoms with Crippen LogP contribution in [-0.4, -0.2) is 15.1 Å². The van der Waals surface area contributed by atoms with Gasteiger partial charge in [-0.15, -0.1) is 0 Å². The minimum absolute atomic E-state index is 0.155. The Balaban J connectivity index is 1.82. The molecule has 0 bridgehead atoms. The van der Waals surface area contributed by atoms with Crippen LogP contribution in [0.4, 0.5) is 0 Å². The van der Waals surface area contributed by atoms with Crippen LogP contribution in [0.1, 0.15) is 51.0 Å². The van der Waals surface area contributed by atoms with Crippen molar-refractivity contribution in [2.75, 3.05) is 0 Å². The molecule has 1 aromatic carbocycles. The normalized spacial score (nSPS) is 10.6. The summed E-state index contributed by atoms with van der Waals surface area (Å²) in [4.78, 5) is 7.81. The molecule has 22 heavy (non-hydrogen) atoms. The highest BCUT2D eigenvalue weighted by Gasteiger charge is 2.06. The average Bonchev–Trinajstić information content (AvgIpc) is 2.54. The van der Waals surface area contributed by atoms with Crippen molar-refractivity contribution in [3.63, 3.8) is 0 Å². The second-order valence-electron chi connectivity index (χ2n) is 5.47. The highest BCUT2D eigenvalue weighted by Crippen LogP contribution is 2.30. The molecular formula is C18H24N2O2. The Morgan fingerprint density at radius 1 is 1.05 bits per heavy atom. The molecule has 4 heteroatoms. The van der Waals surface area contributed by atoms with E-state index in [1.807, 2.05) is 6.07 Å². The number of hydrogen-bond donors (Lipinski definition) is 1. The Morgan fingerprint density at radius 2 is 1.86 bits per heavy atom. The van der Waals surface area contributed by atoms with Crippen molar-refractivity contribution in [2.45, 2.75) is 51.9 Å². The fourth-order valence-corrected chi connectivity index (χ4v) is 2.37. The van der Waals surface area contributed by atoms with Crippen molar-refractivity contribution in [3.8, 4) is 17.4 Å². The van der Waals surface area contributed by atoms with Crippen LogP contribution >= 0.6 is 0 Å². The van der Waals surface area contributed by atoms with Crippen LogP contribution in [-0.2, 0) is 6.42 Å². The summed E-state index contributed by atoms with van der Waals surface area (Å²) < 4.78 is 5.53. The van der Waals surface area contributed by atoms with E-state index in [9.17, 15) is 5.11 Å². The molecule has 2 rings (SSSR count). The molecule has 1 aromatic heterocycles. The smallest absolute Gasteiger partial charge is 0.222 e. The fourth-order valence-electron chi connectivity index (χ4n) is 2.37. The number of aryl methyl sites for hydroxylation is 1. The molecule has 0 atom stereocenters. The average molecular weight is 300 g/mol. The lowest BCUT2D eigenvalue weighted by Gasteiger charge is -2.08. The molecule has 0 aliphatic carbocycles. The minimum atomic E-state index is 0.155. The summed E-state index contributed by atoms with van der Waals surface area (Å²) in [5.74, 6) is 1.00. The van der Waals surface area contributed by atoms with Gasteiger partial charge in [0.25, 0.3) is 0 Å². The number of rotatable bonds is 9. The summed E-state index contributed by atoms with van der Waals surface area (Å²) in [6.45, 7) is 2.23. The van der Waals surface area contributed by atoms with Gasteiger partial charge in [0.1, 0.15) is 6.33 Å². The second-order valence-corrected chi connectivity index (χ2v) is 5.47. The molecule has 0 aliphatic rings. The van der Waals surface area contributed by atoms with Crippen LogP contribution in [0.15, 0.2) is 36.8 Å². The third kappa shape index (κ3) is 5.35. The highest BCUT2D eigenvalue weighted by molar-refractivity contribution is 5.43. The number of ether oxygens (including phenoxy) is 1. The summed E-state index contributed by atoms with van der Waals surface area (Å²) in [5, 5.41) is 10.1. The van der Waals surface area contributed by atoms with E-state index in [-0.39, 0.29) is 5.75 Å². The summed E-state index contributed by atoms with van der Waals surface area (Å²) >= 11 is 0. The van der Waals surface area contributed by atoms with Crippen molar-refractivity contribution in [1.29, 1.82) is 0 Å². The van der Waals surface area contributed by atoms with Crippen LogP contribution in [0.3, 0.4) is 0 Å². The summed E-state index contributed by atoms with van der Waals surface area (Å²) in [6, 6.07) is 7.23. The molecular weight excluding hydrogens is 276 g/mol. The molecule has 0 unspecified atom stereocenters. The van der Waals surface area contributed by atoms with Gasteiger partial charge >= 0.3 is 0 Å². The van der Waals surface area contributed by atoms with E-state index in [4.69, 9.17) is 4.74 Å². The van der Waals surface area contributed by atoms with Gasteiger partial charge in [0, 0.05) is 12.3 Å². The first-order valence-electron chi connectivity index (χ1n) is 8.05. The monoisotopic (exact) mass is 300 g/mol. The van der Waals surface area contributed by atoms with Gasteiger partial charge in [-0.3, -0.25) is 0 Å². The van der Waals surface area contributed by atoms with Gasteiger partial charge in [0.05, 0.1) is 0 Å². The molecule has 0 radical (unpaired) electrons. The standard InChI is InChI=1S/C18H24N2O2/c1-2-3-4-5-6-7-8-15-9-10-17(16(21)13-15)22-18-11-12-19-14-20-18/h9-14,21H,2-8H2,1H3. The van der Waals surface area contributed by atoms with Gasteiger partial charge in [-0.2, -0.15) is 0 Å². The molecule has 4 nitrogen and oxygen atoms in total. The van der Waals surface area contributed by atoms with Crippen LogP contribution in [0.2, 0.25) is 0 Å². The number of aromatic hydroxyl groups is 1. The van der Waals surface area contributed by atoms with E-state index in [1.165, 1.54) is 38.4 Å². The summed E-state index contributed by atoms with van der Waals surface area (Å²) in [7, 11) is 0. The lowest BCUT2D eigenvalue weighted by atomic mass is 10.0. The zero-order valence-electron chi connectivity index (χ0n) is 13.2. The first-order valence-corrected chi connectivity index (χ1v) is 8.05. The Bertz CT molecular complexity index is 558. The molecule has 2 aromatic rings. The maximum Gasteiger partial charge on any atom is 0.222 e. The number of hydrogen-bond acceptors (Lipinski definition) is 4. The number of unbranched alkanes of at least 4 members (excludes halogenated alkanes) is 5. The van der Waals surface area contributed by atoms with Crippen LogP contribution < -0.4 is 4.74 Å². The Hall–Kier alpha value is -2.10. The van der Waals surface area contributed by atoms with Crippen molar-refractivity contribution in [2.24, 2.45) is 0 Å². The third-order valence-corrected chi connectivity index (χ3v) is 3.61. The van der Waals surface area contributed by atoms with Gasteiger partial charge in [0.15, 0.2) is 11.5 Å². The highest BCUT2D eigenvalue weighted by atomic mass is 16.5. The van der Waals surface area contributed by atoms with Gasteiger partial charge in [0.2, 0.25) is 5.88 Å². The second kappa shape index (κ2) is 9.03. The quantitative estimate of drug-likeness (QED) is 0.671. The molecule has 0 fully saturated rings. The fraction of sp³-hybridized carbons (Fsp3) is 0.444. The van der Waals surface area contributed by atoms with Gasteiger partial charge < -0.3 is 9.84 Å². The zero-order valence-corrected chi connectivity index (χ0v) is 13.2. The molecule has 118 valence electrons. The molecule has 0 amide bonds. The van der Waals surface area contributed by atoms with E-state index < -0.39 is 0 Å². The van der Waals surface area contributed by atoms with Crippen molar-refractivity contribution in [3.05, 3.63) is 42.4 Å². The number of nitrogens with zero attached hydrogens (tertiary/aromatic N) is 2. The van der Waals surface area contributed by atoms with E-state index in [2.05, 4.69) is 16.9 Å². The molecule has 0 saturated heterocycles. The summed E-state index contributed by atoms with van der Waals surface area (Å²) in [5.41, 5.74) is 1.14. The van der Waals surface area contributed by atoms with Crippen LogP contribution in [0.5, 0.6) is 17.4 Å². The molecule has 1 N–H and O–H groups in total. The number of benzene rings is 1. The van der Waals surface area contributed by atoms with Crippen molar-refractivity contribution < 1.29 is 9.84 Å². The summed E-state index contributed by atoms with van der Waals surface area (Å²) in [6.07, 6.45) is 11.7. The van der Waals surface area contributed by atoms with Crippen LogP contribution in [0.25, 0.3) is 0 Å². The maximum atomic E-state index is 10.1.